The number of hydrogen-bond donors (Lipinski definition) is 1. The van der Waals surface area contributed by atoms with Crippen LogP contribution in [0.4, 0.5) is 0 Å². The lowest BCUT2D eigenvalue weighted by molar-refractivity contribution is 0.204. The molecule has 0 amide bonds. The Morgan fingerprint density at radius 3 is 2.23 bits per heavy atom. The van der Waals surface area contributed by atoms with Gasteiger partial charge in [-0.2, -0.15) is 0 Å². The minimum absolute atomic E-state index is 0.356. The van der Waals surface area contributed by atoms with Gasteiger partial charge in [-0.3, -0.25) is 4.90 Å². The summed E-state index contributed by atoms with van der Waals surface area (Å²) >= 11 is 1.79. The van der Waals surface area contributed by atoms with Gasteiger partial charge in [0, 0.05) is 11.4 Å². The second-order valence-corrected chi connectivity index (χ2v) is 6.87. The number of piperidine rings is 1. The molecule has 0 radical (unpaired) electrons. The van der Waals surface area contributed by atoms with E-state index in [2.05, 4.69) is 47.6 Å². The third kappa shape index (κ3) is 3.84. The largest absolute Gasteiger partial charge is 0.508 e. The highest BCUT2D eigenvalue weighted by Crippen LogP contribution is 2.29. The molecule has 0 unspecified atom stereocenters. The molecule has 1 N–H and O–H groups in total. The third-order valence-corrected chi connectivity index (χ3v) is 5.26. The molecule has 0 aromatic heterocycles. The van der Waals surface area contributed by atoms with E-state index in [9.17, 15) is 5.11 Å². The van der Waals surface area contributed by atoms with Crippen molar-refractivity contribution in [3.63, 3.8) is 0 Å². The molecule has 1 aliphatic rings. The van der Waals surface area contributed by atoms with Gasteiger partial charge in [0.25, 0.3) is 0 Å². The summed E-state index contributed by atoms with van der Waals surface area (Å²) in [5.41, 5.74) is 2.77. The first-order valence-corrected chi connectivity index (χ1v) is 9.11. The molecule has 1 fully saturated rings. The standard InChI is InChI=1S/C19H23NOS/c1-22-19-8-2-15(3-9-19)14-20-12-10-17(11-13-20)16-4-6-18(21)7-5-16/h2-9,17,21H,10-14H2,1H3. The summed E-state index contributed by atoms with van der Waals surface area (Å²) in [6.45, 7) is 3.35. The minimum Gasteiger partial charge on any atom is -0.508 e. The molecule has 1 aliphatic heterocycles. The smallest absolute Gasteiger partial charge is 0.115 e. The van der Waals surface area contributed by atoms with E-state index in [0.29, 0.717) is 11.7 Å². The lowest BCUT2D eigenvalue weighted by atomic mass is 9.89. The van der Waals surface area contributed by atoms with E-state index in [4.69, 9.17) is 0 Å². The van der Waals surface area contributed by atoms with E-state index in [1.165, 1.54) is 28.9 Å². The van der Waals surface area contributed by atoms with Crippen molar-refractivity contribution in [3.8, 4) is 5.75 Å². The van der Waals surface area contributed by atoms with Crippen molar-refractivity contribution in [2.45, 2.75) is 30.2 Å². The van der Waals surface area contributed by atoms with Crippen LogP contribution in [-0.2, 0) is 6.54 Å². The van der Waals surface area contributed by atoms with Crippen molar-refractivity contribution >= 4 is 11.8 Å². The van der Waals surface area contributed by atoms with E-state index in [1.54, 1.807) is 23.9 Å². The molecule has 2 nitrogen and oxygen atoms in total. The average Bonchev–Trinajstić information content (AvgIpc) is 2.57. The SMILES string of the molecule is CSc1ccc(CN2CCC(c3ccc(O)cc3)CC2)cc1. The molecule has 0 spiro atoms. The molecule has 116 valence electrons. The molecular weight excluding hydrogens is 290 g/mol. The van der Waals surface area contributed by atoms with Crippen molar-refractivity contribution in [1.82, 2.24) is 4.90 Å². The number of benzene rings is 2. The molecule has 0 saturated carbocycles. The number of nitrogens with zero attached hydrogens (tertiary/aromatic N) is 1. The van der Waals surface area contributed by atoms with Crippen LogP contribution in [0.15, 0.2) is 53.4 Å². The van der Waals surface area contributed by atoms with E-state index in [-0.39, 0.29) is 0 Å². The maximum atomic E-state index is 9.39. The molecule has 3 heteroatoms. The molecule has 0 bridgehead atoms. The van der Waals surface area contributed by atoms with Gasteiger partial charge in [0.2, 0.25) is 0 Å². The number of thioether (sulfide) groups is 1. The van der Waals surface area contributed by atoms with Gasteiger partial charge in [-0.1, -0.05) is 24.3 Å². The number of aromatic hydroxyl groups is 1. The molecule has 2 aromatic rings. The molecule has 3 rings (SSSR count). The predicted octanol–water partition coefficient (Wildman–Crippen LogP) is 4.49. The number of likely N-dealkylation sites (tertiary alicyclic amines) is 1. The fourth-order valence-corrected chi connectivity index (χ4v) is 3.57. The van der Waals surface area contributed by atoms with Crippen LogP contribution >= 0.6 is 11.8 Å². The van der Waals surface area contributed by atoms with Gasteiger partial charge in [-0.15, -0.1) is 11.8 Å². The van der Waals surface area contributed by atoms with Crippen molar-refractivity contribution in [2.24, 2.45) is 0 Å². The first-order valence-electron chi connectivity index (χ1n) is 7.89. The lowest BCUT2D eigenvalue weighted by Gasteiger charge is -2.32. The van der Waals surface area contributed by atoms with Crippen LogP contribution in [0.25, 0.3) is 0 Å². The summed E-state index contributed by atoms with van der Waals surface area (Å²) in [5, 5.41) is 9.39. The quantitative estimate of drug-likeness (QED) is 0.841. The Bertz CT molecular complexity index is 586. The van der Waals surface area contributed by atoms with Crippen LogP contribution in [-0.4, -0.2) is 29.4 Å². The molecule has 22 heavy (non-hydrogen) atoms. The Morgan fingerprint density at radius 2 is 1.64 bits per heavy atom. The van der Waals surface area contributed by atoms with Crippen LogP contribution in [0.2, 0.25) is 0 Å². The van der Waals surface area contributed by atoms with Crippen molar-refractivity contribution in [2.75, 3.05) is 19.3 Å². The molecule has 0 atom stereocenters. The summed E-state index contributed by atoms with van der Waals surface area (Å²) in [5.74, 6) is 0.991. The highest BCUT2D eigenvalue weighted by atomic mass is 32.2. The fourth-order valence-electron chi connectivity index (χ4n) is 3.16. The Morgan fingerprint density at radius 1 is 1.00 bits per heavy atom. The van der Waals surface area contributed by atoms with Crippen LogP contribution < -0.4 is 0 Å². The number of hydrogen-bond acceptors (Lipinski definition) is 3. The first kappa shape index (κ1) is 15.4. The van der Waals surface area contributed by atoms with Crippen molar-refractivity contribution < 1.29 is 5.11 Å². The van der Waals surface area contributed by atoms with Gasteiger partial charge in [-0.25, -0.2) is 0 Å². The summed E-state index contributed by atoms with van der Waals surface area (Å²) < 4.78 is 0. The Balaban J connectivity index is 1.53. The third-order valence-electron chi connectivity index (χ3n) is 4.52. The minimum atomic E-state index is 0.356. The summed E-state index contributed by atoms with van der Waals surface area (Å²) in [4.78, 5) is 3.88. The molecule has 2 aromatic carbocycles. The van der Waals surface area contributed by atoms with Crippen molar-refractivity contribution in [3.05, 3.63) is 59.7 Å². The summed E-state index contributed by atoms with van der Waals surface area (Å²) in [6, 6.07) is 16.7. The van der Waals surface area contributed by atoms with Crippen LogP contribution in [0.1, 0.15) is 29.9 Å². The molecule has 1 saturated heterocycles. The number of rotatable bonds is 4. The predicted molar refractivity (Wildman–Crippen MR) is 93.6 cm³/mol. The second-order valence-electron chi connectivity index (χ2n) is 5.99. The molecular formula is C19H23NOS. The average molecular weight is 313 g/mol. The van der Waals surface area contributed by atoms with E-state index in [1.807, 2.05) is 0 Å². The van der Waals surface area contributed by atoms with E-state index < -0.39 is 0 Å². The second kappa shape index (κ2) is 7.21. The lowest BCUT2D eigenvalue weighted by Crippen LogP contribution is -2.32. The Hall–Kier alpha value is -1.45. The zero-order valence-corrected chi connectivity index (χ0v) is 13.9. The number of phenols is 1. The van der Waals surface area contributed by atoms with Gasteiger partial charge < -0.3 is 5.11 Å². The van der Waals surface area contributed by atoms with Gasteiger partial charge in [0.15, 0.2) is 0 Å². The van der Waals surface area contributed by atoms with Crippen LogP contribution in [0.5, 0.6) is 5.75 Å². The van der Waals surface area contributed by atoms with Gasteiger partial charge in [-0.05, 0) is 73.5 Å². The Kier molecular flexibility index (Phi) is 5.06. The van der Waals surface area contributed by atoms with Crippen molar-refractivity contribution in [1.29, 1.82) is 0 Å². The normalized spacial score (nSPS) is 16.8. The van der Waals surface area contributed by atoms with Crippen LogP contribution in [0, 0.1) is 0 Å². The first-order chi connectivity index (χ1) is 10.7. The van der Waals surface area contributed by atoms with Gasteiger partial charge >= 0.3 is 0 Å². The maximum absolute atomic E-state index is 9.39. The summed E-state index contributed by atoms with van der Waals surface area (Å²) in [7, 11) is 0. The molecule has 1 heterocycles. The summed E-state index contributed by atoms with van der Waals surface area (Å²) in [6.07, 6.45) is 4.52. The highest BCUT2D eigenvalue weighted by Gasteiger charge is 2.20. The topological polar surface area (TPSA) is 23.5 Å². The van der Waals surface area contributed by atoms with Gasteiger partial charge in [0.1, 0.15) is 5.75 Å². The zero-order valence-electron chi connectivity index (χ0n) is 13.0. The molecule has 0 aliphatic carbocycles. The van der Waals surface area contributed by atoms with Gasteiger partial charge in [0.05, 0.1) is 0 Å². The fraction of sp³-hybridized carbons (Fsp3) is 0.368. The zero-order chi connectivity index (χ0) is 15.4. The maximum Gasteiger partial charge on any atom is 0.115 e. The Labute approximate surface area is 137 Å². The monoisotopic (exact) mass is 313 g/mol. The van der Waals surface area contributed by atoms with E-state index in [0.717, 1.165) is 19.6 Å². The highest BCUT2D eigenvalue weighted by molar-refractivity contribution is 7.98. The van der Waals surface area contributed by atoms with Crippen LogP contribution in [0.3, 0.4) is 0 Å². The van der Waals surface area contributed by atoms with E-state index >= 15 is 0 Å². The number of phenolic OH excluding ortho intramolecular Hbond substituents is 1.